The van der Waals surface area contributed by atoms with E-state index in [1.54, 1.807) is 18.2 Å². The smallest absolute Gasteiger partial charge is 0.211 e. The van der Waals surface area contributed by atoms with Crippen molar-refractivity contribution in [3.05, 3.63) is 75.8 Å². The van der Waals surface area contributed by atoms with Gasteiger partial charge in [-0.05, 0) is 36.6 Å². The maximum absolute atomic E-state index is 10.8. The minimum absolute atomic E-state index is 0.514. The second-order valence-corrected chi connectivity index (χ2v) is 5.94. The van der Waals surface area contributed by atoms with Gasteiger partial charge < -0.3 is 0 Å². The van der Waals surface area contributed by atoms with Crippen molar-refractivity contribution in [3.8, 4) is 0 Å². The third kappa shape index (κ3) is 4.08. The number of aliphatic imine (C=N–C) groups is 1. The van der Waals surface area contributed by atoms with Gasteiger partial charge in [0.15, 0.2) is 0 Å². The topological polar surface area (TPSA) is 29.4 Å². The Labute approximate surface area is 140 Å². The average Bonchev–Trinajstić information content (AvgIpc) is 2.52. The number of halogens is 2. The molecule has 1 atom stereocenters. The van der Waals surface area contributed by atoms with Gasteiger partial charge >= 0.3 is 0 Å². The number of hydrogen-bond acceptors (Lipinski definition) is 2. The second kappa shape index (κ2) is 7.42. The first-order valence-corrected chi connectivity index (χ1v) is 7.57. The summed E-state index contributed by atoms with van der Waals surface area (Å²) >= 11 is 11.9. The predicted octanol–water partition coefficient (Wildman–Crippen LogP) is 5.65. The summed E-state index contributed by atoms with van der Waals surface area (Å²) in [5, 5.41) is 1.04. The van der Waals surface area contributed by atoms with Crippen LogP contribution in [0.4, 0.5) is 0 Å². The summed E-state index contributed by atoms with van der Waals surface area (Å²) in [6, 6.07) is 15.1. The van der Waals surface area contributed by atoms with Crippen LogP contribution < -0.4 is 0 Å². The van der Waals surface area contributed by atoms with E-state index >= 15 is 0 Å². The third-order valence-corrected chi connectivity index (χ3v) is 4.20. The first-order chi connectivity index (χ1) is 10.5. The van der Waals surface area contributed by atoms with Crippen LogP contribution >= 0.6 is 23.2 Å². The molecule has 0 aliphatic carbocycles. The average molecular weight is 332 g/mol. The summed E-state index contributed by atoms with van der Waals surface area (Å²) in [7, 11) is 0. The van der Waals surface area contributed by atoms with E-state index in [9.17, 15) is 4.79 Å². The van der Waals surface area contributed by atoms with E-state index < -0.39 is 5.54 Å². The van der Waals surface area contributed by atoms with Crippen molar-refractivity contribution in [1.82, 2.24) is 0 Å². The highest BCUT2D eigenvalue weighted by Gasteiger charge is 2.24. The predicted molar refractivity (Wildman–Crippen MR) is 92.0 cm³/mol. The lowest BCUT2D eigenvalue weighted by Crippen LogP contribution is -2.17. The minimum atomic E-state index is -0.629. The summed E-state index contributed by atoms with van der Waals surface area (Å²) in [5.74, 6) is 0. The molecule has 2 aromatic rings. The summed E-state index contributed by atoms with van der Waals surface area (Å²) < 4.78 is 0. The Morgan fingerprint density at radius 2 is 1.86 bits per heavy atom. The monoisotopic (exact) mass is 331 g/mol. The van der Waals surface area contributed by atoms with E-state index in [1.807, 2.05) is 55.5 Å². The van der Waals surface area contributed by atoms with Gasteiger partial charge in [0, 0.05) is 0 Å². The normalized spacial score (nSPS) is 13.6. The van der Waals surface area contributed by atoms with Crippen LogP contribution in [0.15, 0.2) is 59.6 Å². The van der Waals surface area contributed by atoms with E-state index in [0.29, 0.717) is 16.5 Å². The van der Waals surface area contributed by atoms with Gasteiger partial charge in [0.05, 0.1) is 15.6 Å². The molecule has 1 unspecified atom stereocenters. The quantitative estimate of drug-likeness (QED) is 0.514. The number of isocyanates is 1. The van der Waals surface area contributed by atoms with Crippen LogP contribution in [-0.4, -0.2) is 6.08 Å². The Kier molecular flexibility index (Phi) is 5.57. The highest BCUT2D eigenvalue weighted by molar-refractivity contribution is 6.42. The molecule has 112 valence electrons. The van der Waals surface area contributed by atoms with Gasteiger partial charge in [0.25, 0.3) is 0 Å². The molecule has 2 nitrogen and oxygen atoms in total. The molecule has 0 N–H and O–H groups in total. The summed E-state index contributed by atoms with van der Waals surface area (Å²) in [5.41, 5.74) is 1.28. The molecule has 0 fully saturated rings. The third-order valence-electron chi connectivity index (χ3n) is 3.46. The van der Waals surface area contributed by atoms with Crippen molar-refractivity contribution < 1.29 is 4.79 Å². The molecular weight excluding hydrogens is 317 g/mol. The van der Waals surface area contributed by atoms with Gasteiger partial charge in [-0.25, -0.2) is 4.79 Å². The standard InChI is InChI=1S/C18H15Cl2NO/c1-18(21-13-22,15-7-3-2-4-8-15)11-5-6-14-9-10-16(19)17(20)12-14/h2-10,12H,11H2,1H3. The van der Waals surface area contributed by atoms with Crippen molar-refractivity contribution >= 4 is 35.4 Å². The zero-order valence-electron chi connectivity index (χ0n) is 12.1. The minimum Gasteiger partial charge on any atom is -0.211 e. The van der Waals surface area contributed by atoms with Crippen LogP contribution in [0.3, 0.4) is 0 Å². The lowest BCUT2D eigenvalue weighted by atomic mass is 9.89. The molecule has 4 heteroatoms. The Morgan fingerprint density at radius 1 is 1.14 bits per heavy atom. The van der Waals surface area contributed by atoms with Crippen molar-refractivity contribution in [2.75, 3.05) is 0 Å². The lowest BCUT2D eigenvalue weighted by molar-refractivity contribution is 0.490. The van der Waals surface area contributed by atoms with Crippen LogP contribution in [-0.2, 0) is 10.3 Å². The fourth-order valence-electron chi connectivity index (χ4n) is 2.17. The Balaban J connectivity index is 2.20. The van der Waals surface area contributed by atoms with Crippen LogP contribution in [0.5, 0.6) is 0 Å². The highest BCUT2D eigenvalue weighted by Crippen LogP contribution is 2.30. The zero-order chi connectivity index (χ0) is 16.0. The molecule has 2 aromatic carbocycles. The van der Waals surface area contributed by atoms with E-state index in [2.05, 4.69) is 4.99 Å². The van der Waals surface area contributed by atoms with Crippen LogP contribution in [0.25, 0.3) is 6.08 Å². The van der Waals surface area contributed by atoms with Crippen LogP contribution in [0.1, 0.15) is 24.5 Å². The molecule has 0 aliphatic rings. The van der Waals surface area contributed by atoms with E-state index in [4.69, 9.17) is 23.2 Å². The van der Waals surface area contributed by atoms with Gasteiger partial charge in [0.2, 0.25) is 6.08 Å². The van der Waals surface area contributed by atoms with E-state index in [1.165, 1.54) is 0 Å². The summed E-state index contributed by atoms with van der Waals surface area (Å²) in [6.45, 7) is 1.91. The van der Waals surface area contributed by atoms with Crippen molar-refractivity contribution in [2.45, 2.75) is 18.9 Å². The molecular formula is C18H15Cl2NO. The van der Waals surface area contributed by atoms with Gasteiger partial charge in [-0.3, -0.25) is 0 Å². The van der Waals surface area contributed by atoms with Crippen LogP contribution in [0, 0.1) is 0 Å². The molecule has 0 spiro atoms. The molecule has 0 bridgehead atoms. The Morgan fingerprint density at radius 3 is 2.50 bits per heavy atom. The fourth-order valence-corrected chi connectivity index (χ4v) is 2.47. The maximum atomic E-state index is 10.8. The first-order valence-electron chi connectivity index (χ1n) is 6.81. The maximum Gasteiger partial charge on any atom is 0.235 e. The molecule has 22 heavy (non-hydrogen) atoms. The van der Waals surface area contributed by atoms with Gasteiger partial charge in [-0.2, -0.15) is 4.99 Å². The second-order valence-electron chi connectivity index (χ2n) is 5.12. The Bertz CT molecular complexity index is 721. The Hall–Kier alpha value is -1.86. The molecule has 0 aliphatic heterocycles. The number of hydrogen-bond donors (Lipinski definition) is 0. The number of rotatable bonds is 5. The van der Waals surface area contributed by atoms with Gasteiger partial charge in [0.1, 0.15) is 0 Å². The number of nitrogens with zero attached hydrogens (tertiary/aromatic N) is 1. The summed E-state index contributed by atoms with van der Waals surface area (Å²) in [6.07, 6.45) is 6.15. The van der Waals surface area contributed by atoms with Crippen molar-refractivity contribution in [1.29, 1.82) is 0 Å². The fraction of sp³-hybridized carbons (Fsp3) is 0.167. The SMILES string of the molecule is CC(CC=Cc1ccc(Cl)c(Cl)c1)(N=C=O)c1ccccc1. The van der Waals surface area contributed by atoms with Crippen molar-refractivity contribution in [2.24, 2.45) is 4.99 Å². The molecule has 0 saturated heterocycles. The molecule has 2 rings (SSSR count). The lowest BCUT2D eigenvalue weighted by Gasteiger charge is -2.22. The molecule has 0 amide bonds. The van der Waals surface area contributed by atoms with E-state index in [-0.39, 0.29) is 0 Å². The van der Waals surface area contributed by atoms with Gasteiger partial charge in [-0.15, -0.1) is 0 Å². The highest BCUT2D eigenvalue weighted by atomic mass is 35.5. The molecule has 0 aromatic heterocycles. The first kappa shape index (κ1) is 16.5. The largest absolute Gasteiger partial charge is 0.235 e. The molecule has 0 saturated carbocycles. The number of carbonyl (C=O) groups excluding carboxylic acids is 1. The molecule has 0 radical (unpaired) electrons. The summed E-state index contributed by atoms with van der Waals surface area (Å²) in [4.78, 5) is 14.7. The van der Waals surface area contributed by atoms with E-state index in [0.717, 1.165) is 11.1 Å². The molecule has 0 heterocycles. The van der Waals surface area contributed by atoms with Gasteiger partial charge in [-0.1, -0.05) is 71.8 Å². The van der Waals surface area contributed by atoms with Crippen molar-refractivity contribution in [3.63, 3.8) is 0 Å². The number of benzene rings is 2. The zero-order valence-corrected chi connectivity index (χ0v) is 13.6. The van der Waals surface area contributed by atoms with Crippen LogP contribution in [0.2, 0.25) is 10.0 Å².